The molecular weight excluding hydrogens is 248 g/mol. The summed E-state index contributed by atoms with van der Waals surface area (Å²) in [5.74, 6) is 0.872. The molecule has 0 atom stereocenters. The normalized spacial score (nSPS) is 9.85. The van der Waals surface area contributed by atoms with Gasteiger partial charge in [0.1, 0.15) is 11.8 Å². The van der Waals surface area contributed by atoms with Gasteiger partial charge in [-0.15, -0.1) is 0 Å². The molecule has 102 valence electrons. The molecule has 0 aliphatic rings. The standard InChI is InChI=1S/C17H18N2O/c1-19(17-6-4-3-5-15(17)13-18)12-11-14-7-9-16(20-2)10-8-14/h3-10H,11-12H2,1-2H3. The van der Waals surface area contributed by atoms with Crippen LogP contribution in [0, 0.1) is 11.3 Å². The van der Waals surface area contributed by atoms with Crippen molar-refractivity contribution in [3.63, 3.8) is 0 Å². The second-order valence-corrected chi connectivity index (χ2v) is 4.65. The van der Waals surface area contributed by atoms with E-state index in [2.05, 4.69) is 23.1 Å². The molecule has 0 aromatic heterocycles. The van der Waals surface area contributed by atoms with E-state index in [-0.39, 0.29) is 0 Å². The first-order valence-electron chi connectivity index (χ1n) is 6.58. The first kappa shape index (κ1) is 14.0. The summed E-state index contributed by atoms with van der Waals surface area (Å²) in [4.78, 5) is 2.11. The summed E-state index contributed by atoms with van der Waals surface area (Å²) < 4.78 is 5.15. The molecule has 0 heterocycles. The summed E-state index contributed by atoms with van der Waals surface area (Å²) in [6, 6.07) is 18.0. The number of benzene rings is 2. The number of anilines is 1. The molecule has 0 aliphatic heterocycles. The van der Waals surface area contributed by atoms with Crippen molar-refractivity contribution in [3.05, 3.63) is 59.7 Å². The minimum absolute atomic E-state index is 0.713. The number of hydrogen-bond donors (Lipinski definition) is 0. The van der Waals surface area contributed by atoms with Crippen molar-refractivity contribution in [2.24, 2.45) is 0 Å². The molecule has 2 rings (SSSR count). The first-order valence-corrected chi connectivity index (χ1v) is 6.58. The number of methoxy groups -OCH3 is 1. The van der Waals surface area contributed by atoms with Gasteiger partial charge in [-0.1, -0.05) is 24.3 Å². The monoisotopic (exact) mass is 266 g/mol. The number of likely N-dealkylation sites (N-methyl/N-ethyl adjacent to an activating group) is 1. The highest BCUT2D eigenvalue weighted by molar-refractivity contribution is 5.58. The molecule has 20 heavy (non-hydrogen) atoms. The first-order chi connectivity index (χ1) is 9.74. The summed E-state index contributed by atoms with van der Waals surface area (Å²) in [5.41, 5.74) is 2.94. The summed E-state index contributed by atoms with van der Waals surface area (Å²) >= 11 is 0. The van der Waals surface area contributed by atoms with E-state index < -0.39 is 0 Å². The predicted octanol–water partition coefficient (Wildman–Crippen LogP) is 3.25. The molecule has 0 saturated carbocycles. The minimum Gasteiger partial charge on any atom is -0.497 e. The van der Waals surface area contributed by atoms with Gasteiger partial charge >= 0.3 is 0 Å². The molecule has 2 aromatic rings. The zero-order chi connectivity index (χ0) is 14.4. The van der Waals surface area contributed by atoms with Crippen LogP contribution in [0.25, 0.3) is 0 Å². The minimum atomic E-state index is 0.713. The second-order valence-electron chi connectivity index (χ2n) is 4.65. The highest BCUT2D eigenvalue weighted by Gasteiger charge is 2.06. The van der Waals surface area contributed by atoms with Crippen LogP contribution in [0.5, 0.6) is 5.75 Å². The molecule has 0 spiro atoms. The lowest BCUT2D eigenvalue weighted by molar-refractivity contribution is 0.414. The number of para-hydroxylation sites is 1. The molecule has 0 aliphatic carbocycles. The lowest BCUT2D eigenvalue weighted by Gasteiger charge is -2.20. The predicted molar refractivity (Wildman–Crippen MR) is 81.1 cm³/mol. The van der Waals surface area contributed by atoms with E-state index >= 15 is 0 Å². The van der Waals surface area contributed by atoms with E-state index in [1.165, 1.54) is 5.56 Å². The van der Waals surface area contributed by atoms with Crippen molar-refractivity contribution in [2.75, 3.05) is 25.6 Å². The number of nitrogens with zero attached hydrogens (tertiary/aromatic N) is 2. The zero-order valence-electron chi connectivity index (χ0n) is 11.8. The van der Waals surface area contributed by atoms with E-state index in [0.29, 0.717) is 5.56 Å². The highest BCUT2D eigenvalue weighted by atomic mass is 16.5. The summed E-state index contributed by atoms with van der Waals surface area (Å²) in [7, 11) is 3.68. The second kappa shape index (κ2) is 6.63. The molecule has 2 aromatic carbocycles. The molecule has 0 N–H and O–H groups in total. The molecular formula is C17H18N2O. The van der Waals surface area contributed by atoms with Crippen LogP contribution in [-0.2, 0) is 6.42 Å². The lowest BCUT2D eigenvalue weighted by atomic mass is 10.1. The largest absolute Gasteiger partial charge is 0.497 e. The molecule has 3 nitrogen and oxygen atoms in total. The Kier molecular flexibility index (Phi) is 4.62. The maximum Gasteiger partial charge on any atom is 0.118 e. The smallest absolute Gasteiger partial charge is 0.118 e. The topological polar surface area (TPSA) is 36.3 Å². The Morgan fingerprint density at radius 2 is 1.80 bits per heavy atom. The fourth-order valence-corrected chi connectivity index (χ4v) is 2.11. The zero-order valence-corrected chi connectivity index (χ0v) is 11.8. The van der Waals surface area contributed by atoms with Gasteiger partial charge in [-0.05, 0) is 36.2 Å². The van der Waals surface area contributed by atoms with Crippen LogP contribution in [0.3, 0.4) is 0 Å². The van der Waals surface area contributed by atoms with Gasteiger partial charge in [-0.25, -0.2) is 0 Å². The van der Waals surface area contributed by atoms with Crippen molar-refractivity contribution in [2.45, 2.75) is 6.42 Å². The number of hydrogen-bond acceptors (Lipinski definition) is 3. The molecule has 3 heteroatoms. The maximum absolute atomic E-state index is 9.12. The van der Waals surface area contributed by atoms with Gasteiger partial charge < -0.3 is 9.64 Å². The highest BCUT2D eigenvalue weighted by Crippen LogP contribution is 2.19. The SMILES string of the molecule is COc1ccc(CCN(C)c2ccccc2C#N)cc1. The molecule has 0 radical (unpaired) electrons. The van der Waals surface area contributed by atoms with Gasteiger partial charge in [0.2, 0.25) is 0 Å². The third-order valence-corrected chi connectivity index (χ3v) is 3.33. The summed E-state index contributed by atoms with van der Waals surface area (Å²) in [6.45, 7) is 0.866. The van der Waals surface area contributed by atoms with Crippen molar-refractivity contribution in [3.8, 4) is 11.8 Å². The van der Waals surface area contributed by atoms with Crippen LogP contribution >= 0.6 is 0 Å². The van der Waals surface area contributed by atoms with Crippen LogP contribution in [0.15, 0.2) is 48.5 Å². The van der Waals surface area contributed by atoms with E-state index in [4.69, 9.17) is 10.00 Å². The van der Waals surface area contributed by atoms with Gasteiger partial charge in [0.15, 0.2) is 0 Å². The number of rotatable bonds is 5. The van der Waals surface area contributed by atoms with Gasteiger partial charge in [-0.2, -0.15) is 5.26 Å². The Morgan fingerprint density at radius 3 is 2.45 bits per heavy atom. The Hall–Kier alpha value is -2.47. The van der Waals surface area contributed by atoms with Crippen molar-refractivity contribution < 1.29 is 4.74 Å². The average molecular weight is 266 g/mol. The van der Waals surface area contributed by atoms with Gasteiger partial charge in [-0.3, -0.25) is 0 Å². The van der Waals surface area contributed by atoms with E-state index in [1.54, 1.807) is 7.11 Å². The molecule has 0 saturated heterocycles. The van der Waals surface area contributed by atoms with Crippen LogP contribution in [0.1, 0.15) is 11.1 Å². The molecule has 0 bridgehead atoms. The Balaban J connectivity index is 2.01. The quantitative estimate of drug-likeness (QED) is 0.833. The Bertz CT molecular complexity index is 599. The number of ether oxygens (including phenoxy) is 1. The summed E-state index contributed by atoms with van der Waals surface area (Å²) in [6.07, 6.45) is 0.931. The molecule has 0 unspecified atom stereocenters. The van der Waals surface area contributed by atoms with Gasteiger partial charge in [0, 0.05) is 13.6 Å². The molecule has 0 fully saturated rings. The maximum atomic E-state index is 9.12. The third-order valence-electron chi connectivity index (χ3n) is 3.33. The van der Waals surface area contributed by atoms with Crippen molar-refractivity contribution >= 4 is 5.69 Å². The van der Waals surface area contributed by atoms with Gasteiger partial charge in [0.25, 0.3) is 0 Å². The average Bonchev–Trinajstić information content (AvgIpc) is 2.53. The number of nitriles is 1. The van der Waals surface area contributed by atoms with Gasteiger partial charge in [0.05, 0.1) is 18.4 Å². The summed E-state index contributed by atoms with van der Waals surface area (Å²) in [5, 5.41) is 9.12. The fraction of sp³-hybridized carbons (Fsp3) is 0.235. The van der Waals surface area contributed by atoms with Crippen LogP contribution in [-0.4, -0.2) is 20.7 Å². The van der Waals surface area contributed by atoms with Crippen molar-refractivity contribution in [1.82, 2.24) is 0 Å². The van der Waals surface area contributed by atoms with Crippen LogP contribution in [0.2, 0.25) is 0 Å². The van der Waals surface area contributed by atoms with Crippen LogP contribution < -0.4 is 9.64 Å². The molecule has 0 amide bonds. The van der Waals surface area contributed by atoms with E-state index in [0.717, 1.165) is 24.4 Å². The Morgan fingerprint density at radius 1 is 1.10 bits per heavy atom. The van der Waals surface area contributed by atoms with E-state index in [1.807, 2.05) is 43.4 Å². The lowest BCUT2D eigenvalue weighted by Crippen LogP contribution is -2.21. The van der Waals surface area contributed by atoms with E-state index in [9.17, 15) is 0 Å². The Labute approximate surface area is 120 Å². The third kappa shape index (κ3) is 3.30. The van der Waals surface area contributed by atoms with Crippen LogP contribution in [0.4, 0.5) is 5.69 Å². The van der Waals surface area contributed by atoms with Crippen molar-refractivity contribution in [1.29, 1.82) is 5.26 Å². The fourth-order valence-electron chi connectivity index (χ4n) is 2.11.